The van der Waals surface area contributed by atoms with E-state index in [1.807, 2.05) is 0 Å². The van der Waals surface area contributed by atoms with E-state index in [1.54, 1.807) is 23.1 Å². The van der Waals surface area contributed by atoms with Gasteiger partial charge in [-0.2, -0.15) is 13.2 Å². The Balaban J connectivity index is 2.07. The van der Waals surface area contributed by atoms with Gasteiger partial charge in [-0.3, -0.25) is 9.69 Å². The Kier molecular flexibility index (Phi) is 4.72. The molecule has 0 amide bonds. The summed E-state index contributed by atoms with van der Waals surface area (Å²) in [4.78, 5) is 12.9. The fourth-order valence-electron chi connectivity index (χ4n) is 2.45. The third kappa shape index (κ3) is 4.35. The molecule has 0 radical (unpaired) electrons. The zero-order chi connectivity index (χ0) is 15.5. The Morgan fingerprint density at radius 3 is 2.76 bits per heavy atom. The van der Waals surface area contributed by atoms with Crippen LogP contribution in [0.25, 0.3) is 0 Å². The molecule has 1 aromatic carbocycles. The molecule has 1 fully saturated rings. The summed E-state index contributed by atoms with van der Waals surface area (Å²) >= 11 is 0. The number of nitrogens with zero attached hydrogens (tertiary/aromatic N) is 1. The van der Waals surface area contributed by atoms with Crippen molar-refractivity contribution in [1.29, 1.82) is 0 Å². The maximum absolute atomic E-state index is 12.2. The van der Waals surface area contributed by atoms with Crippen LogP contribution < -0.4 is 4.74 Å². The molecule has 116 valence electrons. The monoisotopic (exact) mass is 303 g/mol. The highest BCUT2D eigenvalue weighted by Crippen LogP contribution is 2.26. The molecule has 0 aromatic heterocycles. The number of alkyl halides is 3. The number of carboxylic acid groups (broad SMARTS) is 1. The number of ether oxygens (including phenoxy) is 1. The number of aliphatic carboxylic acids is 1. The number of hydrogen-bond donors (Lipinski definition) is 1. The lowest BCUT2D eigenvalue weighted by Gasteiger charge is -2.22. The van der Waals surface area contributed by atoms with Crippen LogP contribution in [-0.4, -0.2) is 41.3 Å². The molecule has 1 heterocycles. The minimum absolute atomic E-state index is 0.144. The van der Waals surface area contributed by atoms with Crippen LogP contribution in [0.1, 0.15) is 18.4 Å². The quantitative estimate of drug-likeness (QED) is 0.908. The third-order valence-electron chi connectivity index (χ3n) is 3.39. The Morgan fingerprint density at radius 1 is 1.38 bits per heavy atom. The Bertz CT molecular complexity index is 504. The molecular weight excluding hydrogens is 287 g/mol. The number of benzene rings is 1. The maximum atomic E-state index is 12.2. The SMILES string of the molecule is O=C(O)[C@@H]1CCCN1Cc1ccccc1OCC(F)(F)F. The number of hydrogen-bond acceptors (Lipinski definition) is 3. The molecule has 1 N–H and O–H groups in total. The molecule has 2 rings (SSSR count). The molecule has 0 aliphatic carbocycles. The molecule has 0 spiro atoms. The first-order chi connectivity index (χ1) is 9.87. The van der Waals surface area contributed by atoms with Gasteiger partial charge in [-0.05, 0) is 25.5 Å². The van der Waals surface area contributed by atoms with Crippen molar-refractivity contribution < 1.29 is 27.8 Å². The first kappa shape index (κ1) is 15.6. The number of carboxylic acids is 1. The van der Waals surface area contributed by atoms with E-state index in [-0.39, 0.29) is 12.3 Å². The molecule has 21 heavy (non-hydrogen) atoms. The van der Waals surface area contributed by atoms with Gasteiger partial charge >= 0.3 is 12.1 Å². The first-order valence-corrected chi connectivity index (χ1v) is 6.61. The first-order valence-electron chi connectivity index (χ1n) is 6.61. The molecular formula is C14H16F3NO3. The van der Waals surface area contributed by atoms with E-state index >= 15 is 0 Å². The van der Waals surface area contributed by atoms with E-state index in [2.05, 4.69) is 0 Å². The van der Waals surface area contributed by atoms with Crippen molar-refractivity contribution in [3.63, 3.8) is 0 Å². The van der Waals surface area contributed by atoms with Gasteiger partial charge in [0.2, 0.25) is 0 Å². The lowest BCUT2D eigenvalue weighted by molar-refractivity contribution is -0.153. The number of halogens is 3. The summed E-state index contributed by atoms with van der Waals surface area (Å²) < 4.78 is 41.5. The largest absolute Gasteiger partial charge is 0.484 e. The van der Waals surface area contributed by atoms with E-state index in [1.165, 1.54) is 6.07 Å². The minimum Gasteiger partial charge on any atom is -0.484 e. The minimum atomic E-state index is -4.40. The van der Waals surface area contributed by atoms with Crippen LogP contribution in [0, 0.1) is 0 Å². The summed E-state index contributed by atoms with van der Waals surface area (Å²) in [5, 5.41) is 9.12. The van der Waals surface area contributed by atoms with Gasteiger partial charge in [0.05, 0.1) is 0 Å². The van der Waals surface area contributed by atoms with Gasteiger partial charge in [0.15, 0.2) is 6.61 Å². The van der Waals surface area contributed by atoms with Gasteiger partial charge in [0, 0.05) is 12.1 Å². The molecule has 7 heteroatoms. The zero-order valence-electron chi connectivity index (χ0n) is 11.3. The van der Waals surface area contributed by atoms with E-state index in [4.69, 9.17) is 9.84 Å². The third-order valence-corrected chi connectivity index (χ3v) is 3.39. The van der Waals surface area contributed by atoms with Gasteiger partial charge in [-0.25, -0.2) is 0 Å². The fourth-order valence-corrected chi connectivity index (χ4v) is 2.45. The highest BCUT2D eigenvalue weighted by atomic mass is 19.4. The van der Waals surface area contributed by atoms with Gasteiger partial charge < -0.3 is 9.84 Å². The Hall–Kier alpha value is -1.76. The van der Waals surface area contributed by atoms with Crippen molar-refractivity contribution in [1.82, 2.24) is 4.90 Å². The lowest BCUT2D eigenvalue weighted by Crippen LogP contribution is -2.35. The van der Waals surface area contributed by atoms with Gasteiger partial charge in [-0.1, -0.05) is 18.2 Å². The maximum Gasteiger partial charge on any atom is 0.422 e. The van der Waals surface area contributed by atoms with Gasteiger partial charge in [0.1, 0.15) is 11.8 Å². The Morgan fingerprint density at radius 2 is 2.10 bits per heavy atom. The highest BCUT2D eigenvalue weighted by Gasteiger charge is 2.32. The number of rotatable bonds is 5. The van der Waals surface area contributed by atoms with Crippen LogP contribution in [-0.2, 0) is 11.3 Å². The summed E-state index contributed by atoms with van der Waals surface area (Å²) in [7, 11) is 0. The van der Waals surface area contributed by atoms with Crippen LogP contribution in [0.15, 0.2) is 24.3 Å². The van der Waals surface area contributed by atoms with Crippen LogP contribution >= 0.6 is 0 Å². The highest BCUT2D eigenvalue weighted by molar-refractivity contribution is 5.73. The predicted octanol–water partition coefficient (Wildman–Crippen LogP) is 2.68. The molecule has 1 atom stereocenters. The smallest absolute Gasteiger partial charge is 0.422 e. The summed E-state index contributed by atoms with van der Waals surface area (Å²) in [5.74, 6) is -0.757. The van der Waals surface area contributed by atoms with Gasteiger partial charge in [-0.15, -0.1) is 0 Å². The predicted molar refractivity (Wildman–Crippen MR) is 69.1 cm³/mol. The molecule has 4 nitrogen and oxygen atoms in total. The zero-order valence-corrected chi connectivity index (χ0v) is 11.3. The normalized spacial score (nSPS) is 19.7. The van der Waals surface area contributed by atoms with Crippen molar-refractivity contribution in [3.05, 3.63) is 29.8 Å². The molecule has 0 unspecified atom stereocenters. The van der Waals surface area contributed by atoms with E-state index in [9.17, 15) is 18.0 Å². The summed E-state index contributed by atoms with van der Waals surface area (Å²) in [6, 6.07) is 5.83. The van der Waals surface area contributed by atoms with Crippen molar-refractivity contribution in [3.8, 4) is 5.75 Å². The average molecular weight is 303 g/mol. The summed E-state index contributed by atoms with van der Waals surface area (Å²) in [6.07, 6.45) is -3.08. The molecule has 0 bridgehead atoms. The molecule has 1 aliphatic rings. The topological polar surface area (TPSA) is 49.8 Å². The van der Waals surface area contributed by atoms with Crippen molar-refractivity contribution in [2.45, 2.75) is 31.6 Å². The van der Waals surface area contributed by atoms with Crippen molar-refractivity contribution >= 4 is 5.97 Å². The molecule has 1 aromatic rings. The van der Waals surface area contributed by atoms with E-state index in [0.717, 1.165) is 6.42 Å². The van der Waals surface area contributed by atoms with Crippen molar-refractivity contribution in [2.24, 2.45) is 0 Å². The average Bonchev–Trinajstić information content (AvgIpc) is 2.85. The summed E-state index contributed by atoms with van der Waals surface area (Å²) in [6.45, 7) is -0.470. The van der Waals surface area contributed by atoms with E-state index in [0.29, 0.717) is 18.5 Å². The van der Waals surface area contributed by atoms with Crippen LogP contribution in [0.2, 0.25) is 0 Å². The second-order valence-corrected chi connectivity index (χ2v) is 4.98. The fraction of sp³-hybridized carbons (Fsp3) is 0.500. The number of carbonyl (C=O) groups is 1. The lowest BCUT2D eigenvalue weighted by atomic mass is 10.1. The molecule has 0 saturated carbocycles. The second-order valence-electron chi connectivity index (χ2n) is 4.98. The van der Waals surface area contributed by atoms with Crippen LogP contribution in [0.3, 0.4) is 0 Å². The molecule has 1 saturated heterocycles. The van der Waals surface area contributed by atoms with E-state index < -0.39 is 24.8 Å². The number of para-hydroxylation sites is 1. The summed E-state index contributed by atoms with van der Waals surface area (Å²) in [5.41, 5.74) is 0.565. The van der Waals surface area contributed by atoms with Crippen LogP contribution in [0.5, 0.6) is 5.75 Å². The Labute approximate surface area is 120 Å². The van der Waals surface area contributed by atoms with Crippen molar-refractivity contribution in [2.75, 3.05) is 13.2 Å². The standard InChI is InChI=1S/C14H16F3NO3/c15-14(16,17)9-21-12-6-2-1-4-10(12)8-18-7-3-5-11(18)13(19)20/h1-2,4,6,11H,3,5,7-9H2,(H,19,20)/t11-/m0/s1. The number of likely N-dealkylation sites (tertiary alicyclic amines) is 1. The van der Waals surface area contributed by atoms with Crippen LogP contribution in [0.4, 0.5) is 13.2 Å². The van der Waals surface area contributed by atoms with Gasteiger partial charge in [0.25, 0.3) is 0 Å². The molecule has 1 aliphatic heterocycles. The second kappa shape index (κ2) is 6.34.